The van der Waals surface area contributed by atoms with E-state index in [1.54, 1.807) is 11.3 Å². The quantitative estimate of drug-likeness (QED) is 0.894. The van der Waals surface area contributed by atoms with E-state index in [1.165, 1.54) is 0 Å². The molecule has 19 heavy (non-hydrogen) atoms. The highest BCUT2D eigenvalue weighted by Crippen LogP contribution is 2.52. The lowest BCUT2D eigenvalue weighted by atomic mass is 9.61. The van der Waals surface area contributed by atoms with Gasteiger partial charge in [0, 0.05) is 4.88 Å². The second-order valence-electron chi connectivity index (χ2n) is 6.32. The SMILES string of the molecule is CC(C)C1CCC(C#N)(C(C)(O)c2cccs2)CC1. The Hall–Kier alpha value is -0.850. The van der Waals surface area contributed by atoms with Crippen molar-refractivity contribution in [3.8, 4) is 6.07 Å². The van der Waals surface area contributed by atoms with E-state index in [9.17, 15) is 10.4 Å². The number of hydrogen-bond acceptors (Lipinski definition) is 3. The van der Waals surface area contributed by atoms with Crippen LogP contribution in [0.25, 0.3) is 0 Å². The highest BCUT2D eigenvalue weighted by molar-refractivity contribution is 7.10. The largest absolute Gasteiger partial charge is 0.383 e. The lowest BCUT2D eigenvalue weighted by Gasteiger charge is -2.45. The van der Waals surface area contributed by atoms with Crippen LogP contribution in [0.1, 0.15) is 51.3 Å². The van der Waals surface area contributed by atoms with Crippen LogP contribution >= 0.6 is 11.3 Å². The average molecular weight is 277 g/mol. The van der Waals surface area contributed by atoms with Gasteiger partial charge in [-0.3, -0.25) is 0 Å². The number of nitriles is 1. The third-order valence-corrected chi connectivity index (χ3v) is 6.05. The minimum atomic E-state index is -1.03. The van der Waals surface area contributed by atoms with Crippen molar-refractivity contribution in [2.24, 2.45) is 17.3 Å². The molecule has 1 aliphatic carbocycles. The summed E-state index contributed by atoms with van der Waals surface area (Å²) in [4.78, 5) is 0.914. The lowest BCUT2D eigenvalue weighted by Crippen LogP contribution is -2.45. The van der Waals surface area contributed by atoms with Gasteiger partial charge < -0.3 is 5.11 Å². The predicted octanol–water partition coefficient (Wildman–Crippen LogP) is 4.31. The fourth-order valence-corrected chi connectivity index (χ4v) is 4.18. The molecule has 1 saturated carbocycles. The van der Waals surface area contributed by atoms with Gasteiger partial charge in [-0.15, -0.1) is 11.3 Å². The van der Waals surface area contributed by atoms with E-state index >= 15 is 0 Å². The number of hydrogen-bond donors (Lipinski definition) is 1. The molecule has 1 N–H and O–H groups in total. The molecule has 0 bridgehead atoms. The summed E-state index contributed by atoms with van der Waals surface area (Å²) in [5.74, 6) is 1.36. The maximum atomic E-state index is 11.0. The molecule has 104 valence electrons. The van der Waals surface area contributed by atoms with Gasteiger partial charge in [-0.05, 0) is 55.9 Å². The first kappa shape index (κ1) is 14.6. The Morgan fingerprint density at radius 3 is 2.53 bits per heavy atom. The summed E-state index contributed by atoms with van der Waals surface area (Å²) in [6.07, 6.45) is 3.70. The maximum Gasteiger partial charge on any atom is 0.114 e. The first-order valence-corrected chi connectivity index (χ1v) is 7.98. The maximum absolute atomic E-state index is 11.0. The fraction of sp³-hybridized carbons (Fsp3) is 0.688. The molecular formula is C16H23NOS. The van der Waals surface area contributed by atoms with Crippen LogP contribution in [-0.4, -0.2) is 5.11 Å². The number of nitrogens with zero attached hydrogens (tertiary/aromatic N) is 1. The Morgan fingerprint density at radius 2 is 2.11 bits per heavy atom. The van der Waals surface area contributed by atoms with Gasteiger partial charge >= 0.3 is 0 Å². The predicted molar refractivity (Wildman–Crippen MR) is 78.7 cm³/mol. The zero-order valence-corrected chi connectivity index (χ0v) is 12.8. The van der Waals surface area contributed by atoms with Crippen LogP contribution in [0.4, 0.5) is 0 Å². The normalized spacial score (nSPS) is 30.8. The Bertz CT molecular complexity index is 448. The summed E-state index contributed by atoms with van der Waals surface area (Å²) in [6, 6.07) is 6.35. The van der Waals surface area contributed by atoms with Crippen molar-refractivity contribution in [1.82, 2.24) is 0 Å². The van der Waals surface area contributed by atoms with Crippen molar-refractivity contribution >= 4 is 11.3 Å². The van der Waals surface area contributed by atoms with E-state index in [0.717, 1.165) is 30.6 Å². The average Bonchev–Trinajstić information content (AvgIpc) is 2.93. The van der Waals surface area contributed by atoms with Crippen LogP contribution in [0.5, 0.6) is 0 Å². The highest BCUT2D eigenvalue weighted by Gasteiger charge is 2.51. The van der Waals surface area contributed by atoms with Gasteiger partial charge in [0.05, 0.1) is 11.5 Å². The zero-order valence-electron chi connectivity index (χ0n) is 12.0. The third kappa shape index (κ3) is 2.44. The summed E-state index contributed by atoms with van der Waals surface area (Å²) < 4.78 is 0. The molecule has 1 heterocycles. The van der Waals surface area contributed by atoms with E-state index in [2.05, 4.69) is 19.9 Å². The summed E-state index contributed by atoms with van der Waals surface area (Å²) >= 11 is 1.54. The van der Waals surface area contributed by atoms with Crippen molar-refractivity contribution in [3.63, 3.8) is 0 Å². The van der Waals surface area contributed by atoms with Gasteiger partial charge in [0.1, 0.15) is 5.60 Å². The molecule has 0 aliphatic heterocycles. The van der Waals surface area contributed by atoms with Crippen LogP contribution in [0.2, 0.25) is 0 Å². The topological polar surface area (TPSA) is 44.0 Å². The third-order valence-electron chi connectivity index (χ3n) is 4.97. The molecule has 0 radical (unpaired) electrons. The van der Waals surface area contributed by atoms with E-state index in [-0.39, 0.29) is 0 Å². The molecule has 0 spiro atoms. The second kappa shape index (κ2) is 5.26. The van der Waals surface area contributed by atoms with Gasteiger partial charge in [-0.1, -0.05) is 19.9 Å². The molecule has 1 fully saturated rings. The van der Waals surface area contributed by atoms with E-state index < -0.39 is 11.0 Å². The molecule has 2 nitrogen and oxygen atoms in total. The monoisotopic (exact) mass is 277 g/mol. The van der Waals surface area contributed by atoms with Crippen molar-refractivity contribution in [2.45, 2.75) is 52.1 Å². The summed E-state index contributed by atoms with van der Waals surface area (Å²) in [7, 11) is 0. The van der Waals surface area contributed by atoms with Crippen molar-refractivity contribution in [3.05, 3.63) is 22.4 Å². The Labute approximate surface area is 120 Å². The number of aliphatic hydroxyl groups is 1. The summed E-state index contributed by atoms with van der Waals surface area (Å²) in [5, 5.41) is 22.6. The molecule has 0 aromatic carbocycles. The van der Waals surface area contributed by atoms with Gasteiger partial charge in [-0.25, -0.2) is 0 Å². The Balaban J connectivity index is 2.24. The van der Waals surface area contributed by atoms with Crippen LogP contribution in [0.3, 0.4) is 0 Å². The van der Waals surface area contributed by atoms with Gasteiger partial charge in [0.15, 0.2) is 0 Å². The highest BCUT2D eigenvalue weighted by atomic mass is 32.1. The molecule has 1 aromatic heterocycles. The molecule has 0 saturated heterocycles. The lowest BCUT2D eigenvalue weighted by molar-refractivity contribution is -0.0694. The zero-order chi connectivity index (χ0) is 14.1. The number of thiophene rings is 1. The van der Waals surface area contributed by atoms with E-state index in [1.807, 2.05) is 24.4 Å². The molecule has 1 unspecified atom stereocenters. The van der Waals surface area contributed by atoms with Crippen molar-refractivity contribution in [2.75, 3.05) is 0 Å². The van der Waals surface area contributed by atoms with Crippen LogP contribution < -0.4 is 0 Å². The van der Waals surface area contributed by atoms with Crippen LogP contribution in [-0.2, 0) is 5.60 Å². The standard InChI is InChI=1S/C16H23NOS/c1-12(2)13-6-8-16(11-17,9-7-13)15(3,18)14-5-4-10-19-14/h4-5,10,12-13,18H,6-9H2,1-3H3. The second-order valence-corrected chi connectivity index (χ2v) is 7.27. The molecule has 3 heteroatoms. The van der Waals surface area contributed by atoms with E-state index in [0.29, 0.717) is 11.8 Å². The van der Waals surface area contributed by atoms with Gasteiger partial charge in [0.2, 0.25) is 0 Å². The molecular weight excluding hydrogens is 254 g/mol. The Morgan fingerprint density at radius 1 is 1.47 bits per heavy atom. The number of rotatable bonds is 3. The summed E-state index contributed by atoms with van der Waals surface area (Å²) in [5.41, 5.74) is -1.65. The van der Waals surface area contributed by atoms with Crippen LogP contribution in [0.15, 0.2) is 17.5 Å². The Kier molecular flexibility index (Phi) is 4.03. The first-order chi connectivity index (χ1) is 8.93. The van der Waals surface area contributed by atoms with E-state index in [4.69, 9.17) is 0 Å². The fourth-order valence-electron chi connectivity index (χ4n) is 3.30. The molecule has 1 aliphatic rings. The van der Waals surface area contributed by atoms with Crippen molar-refractivity contribution in [1.29, 1.82) is 5.26 Å². The molecule has 2 rings (SSSR count). The minimum Gasteiger partial charge on any atom is -0.383 e. The van der Waals surface area contributed by atoms with Crippen LogP contribution in [0, 0.1) is 28.6 Å². The molecule has 0 amide bonds. The first-order valence-electron chi connectivity index (χ1n) is 7.10. The summed E-state index contributed by atoms with van der Waals surface area (Å²) in [6.45, 7) is 6.32. The van der Waals surface area contributed by atoms with Gasteiger partial charge in [0.25, 0.3) is 0 Å². The van der Waals surface area contributed by atoms with Crippen molar-refractivity contribution < 1.29 is 5.11 Å². The molecule has 1 atom stereocenters. The minimum absolute atomic E-state index is 0.622. The smallest absolute Gasteiger partial charge is 0.114 e. The van der Waals surface area contributed by atoms with Gasteiger partial charge in [-0.2, -0.15) is 5.26 Å². The molecule has 1 aromatic rings.